The summed E-state index contributed by atoms with van der Waals surface area (Å²) in [4.78, 5) is 17.4. The van der Waals surface area contributed by atoms with E-state index < -0.39 is 21.4 Å². The fraction of sp³-hybridized carbons (Fsp3) is 0.385. The molecule has 0 saturated heterocycles. The van der Waals surface area contributed by atoms with Crippen LogP contribution in [0.1, 0.15) is 42.7 Å². The molecule has 1 aromatic heterocycles. The molecule has 0 aliphatic carbocycles. The fourth-order valence-corrected chi connectivity index (χ4v) is 5.10. The molecule has 188 valence electrons. The molecule has 2 atom stereocenters. The van der Waals surface area contributed by atoms with Crippen molar-refractivity contribution in [2.75, 3.05) is 0 Å². The molecule has 0 saturated carbocycles. The summed E-state index contributed by atoms with van der Waals surface area (Å²) in [5.74, 6) is 0. The van der Waals surface area contributed by atoms with Gasteiger partial charge < -0.3 is 10.1 Å². The van der Waals surface area contributed by atoms with Crippen molar-refractivity contribution in [3.63, 3.8) is 0 Å². The van der Waals surface area contributed by atoms with E-state index in [0.717, 1.165) is 16.0 Å². The van der Waals surface area contributed by atoms with Gasteiger partial charge in [-0.2, -0.15) is 0 Å². The van der Waals surface area contributed by atoms with E-state index in [0.29, 0.717) is 25.7 Å². The van der Waals surface area contributed by atoms with Crippen LogP contribution in [0.5, 0.6) is 0 Å². The second-order valence-corrected chi connectivity index (χ2v) is 12.0. The van der Waals surface area contributed by atoms with Gasteiger partial charge in [0.15, 0.2) is 0 Å². The Morgan fingerprint density at radius 1 is 0.943 bits per heavy atom. The van der Waals surface area contributed by atoms with Gasteiger partial charge >= 0.3 is 6.09 Å². The molecule has 0 unspecified atom stereocenters. The maximum absolute atomic E-state index is 12.6. The lowest BCUT2D eigenvalue weighted by molar-refractivity contribution is 0.135. The van der Waals surface area contributed by atoms with E-state index in [4.69, 9.17) is 4.74 Å². The molecule has 1 amide bonds. The average Bonchev–Trinajstić information content (AvgIpc) is 3.36. The highest BCUT2D eigenvalue weighted by molar-refractivity contribution is 7.90. The van der Waals surface area contributed by atoms with Gasteiger partial charge in [0.25, 0.3) is 0 Å². The van der Waals surface area contributed by atoms with Gasteiger partial charge in [-0.05, 0) is 50.7 Å². The minimum atomic E-state index is -3.45. The van der Waals surface area contributed by atoms with Crippen LogP contribution in [0.4, 0.5) is 4.79 Å². The third kappa shape index (κ3) is 9.43. The van der Waals surface area contributed by atoms with Gasteiger partial charge in [0, 0.05) is 18.3 Å². The normalized spacial score (nSPS) is 13.3. The van der Waals surface area contributed by atoms with Crippen LogP contribution in [0.3, 0.4) is 0 Å². The number of carbonyl (C=O) groups excluding carboxylic acids is 1. The highest BCUT2D eigenvalue weighted by Crippen LogP contribution is 2.15. The smallest absolute Gasteiger partial charge is 0.407 e. The zero-order valence-corrected chi connectivity index (χ0v) is 21.7. The molecule has 9 heteroatoms. The summed E-state index contributed by atoms with van der Waals surface area (Å²) in [5, 5.41) is 2.45. The van der Waals surface area contributed by atoms with Gasteiger partial charge in [-0.25, -0.2) is 17.9 Å². The number of hydrogen-bond acceptors (Lipinski definition) is 6. The Morgan fingerprint density at radius 3 is 2.06 bits per heavy atom. The zero-order chi connectivity index (χ0) is 25.1. The van der Waals surface area contributed by atoms with E-state index in [2.05, 4.69) is 15.0 Å². The molecule has 3 aromatic rings. The summed E-state index contributed by atoms with van der Waals surface area (Å²) in [6.07, 6.45) is 3.51. The van der Waals surface area contributed by atoms with Crippen molar-refractivity contribution in [2.45, 2.75) is 63.5 Å². The maximum Gasteiger partial charge on any atom is 0.407 e. The van der Waals surface area contributed by atoms with Gasteiger partial charge in [0.2, 0.25) is 10.0 Å². The zero-order valence-electron chi connectivity index (χ0n) is 20.1. The lowest BCUT2D eigenvalue weighted by Gasteiger charge is -2.24. The molecule has 0 aliphatic rings. The molecule has 2 aromatic carbocycles. The van der Waals surface area contributed by atoms with Gasteiger partial charge in [0.05, 0.1) is 15.6 Å². The highest BCUT2D eigenvalue weighted by Gasteiger charge is 2.23. The number of nitrogens with one attached hydrogen (secondary N) is 2. The van der Waals surface area contributed by atoms with Gasteiger partial charge in [-0.15, -0.1) is 11.3 Å². The Kier molecular flexibility index (Phi) is 10.3. The van der Waals surface area contributed by atoms with E-state index in [1.54, 1.807) is 25.6 Å². The fourth-order valence-electron chi connectivity index (χ4n) is 3.65. The maximum atomic E-state index is 12.6. The number of alkyl carbamates (subject to hydrolysis) is 1. The SMILES string of the molecule is CC(C)S(=O)(=O)N[C@H](CC[C@H](Cc1ccccc1)NC(=O)OCc1cncs1)Cc1ccccc1. The lowest BCUT2D eigenvalue weighted by Crippen LogP contribution is -2.42. The van der Waals surface area contributed by atoms with Gasteiger partial charge in [0.1, 0.15) is 6.61 Å². The molecule has 0 aliphatic heterocycles. The predicted molar refractivity (Wildman–Crippen MR) is 140 cm³/mol. The molecule has 35 heavy (non-hydrogen) atoms. The van der Waals surface area contributed by atoms with Crippen LogP contribution in [0, 0.1) is 0 Å². The van der Waals surface area contributed by atoms with Crippen molar-refractivity contribution < 1.29 is 17.9 Å². The monoisotopic (exact) mass is 515 g/mol. The van der Waals surface area contributed by atoms with Crippen LogP contribution in [-0.4, -0.2) is 36.8 Å². The number of benzene rings is 2. The molecule has 3 rings (SSSR count). The van der Waals surface area contributed by atoms with E-state index in [9.17, 15) is 13.2 Å². The van der Waals surface area contributed by atoms with Crippen LogP contribution in [0.2, 0.25) is 0 Å². The first-order valence-corrected chi connectivity index (χ1v) is 14.1. The van der Waals surface area contributed by atoms with Crippen molar-refractivity contribution in [1.29, 1.82) is 0 Å². The quantitative estimate of drug-likeness (QED) is 0.344. The molecule has 0 spiro atoms. The first-order valence-electron chi connectivity index (χ1n) is 11.7. The van der Waals surface area contributed by atoms with Crippen LogP contribution in [-0.2, 0) is 34.2 Å². The van der Waals surface area contributed by atoms with Crippen LogP contribution in [0.25, 0.3) is 0 Å². The van der Waals surface area contributed by atoms with E-state index in [1.807, 2.05) is 60.7 Å². The minimum absolute atomic E-state index is 0.166. The summed E-state index contributed by atoms with van der Waals surface area (Å²) in [6, 6.07) is 19.2. The van der Waals surface area contributed by atoms with Crippen molar-refractivity contribution in [1.82, 2.24) is 15.0 Å². The number of nitrogens with zero attached hydrogens (tertiary/aromatic N) is 1. The van der Waals surface area contributed by atoms with Gasteiger partial charge in [-0.3, -0.25) is 4.98 Å². The third-order valence-corrected chi connectivity index (χ3v) is 8.27. The van der Waals surface area contributed by atoms with Crippen molar-refractivity contribution >= 4 is 27.5 Å². The van der Waals surface area contributed by atoms with Crippen molar-refractivity contribution in [3.05, 3.63) is 88.4 Å². The molecular formula is C26H33N3O4S2. The number of ether oxygens (including phenoxy) is 1. The average molecular weight is 516 g/mol. The topological polar surface area (TPSA) is 97.4 Å². The Balaban J connectivity index is 1.68. The predicted octanol–water partition coefficient (Wildman–Crippen LogP) is 4.70. The largest absolute Gasteiger partial charge is 0.444 e. The summed E-state index contributed by atoms with van der Waals surface area (Å²) in [7, 11) is -3.45. The second kappa shape index (κ2) is 13.4. The van der Waals surface area contributed by atoms with Crippen molar-refractivity contribution in [3.8, 4) is 0 Å². The Labute approximate surface area is 212 Å². The van der Waals surface area contributed by atoms with Crippen molar-refractivity contribution in [2.24, 2.45) is 0 Å². The highest BCUT2D eigenvalue weighted by atomic mass is 32.2. The minimum Gasteiger partial charge on any atom is -0.444 e. The van der Waals surface area contributed by atoms with Gasteiger partial charge in [-0.1, -0.05) is 60.7 Å². The van der Waals surface area contributed by atoms with E-state index in [1.165, 1.54) is 11.3 Å². The summed E-state index contributed by atoms with van der Waals surface area (Å²) in [5.41, 5.74) is 3.84. The number of rotatable bonds is 13. The molecule has 1 heterocycles. The van der Waals surface area contributed by atoms with E-state index in [-0.39, 0.29) is 18.7 Å². The van der Waals surface area contributed by atoms with E-state index >= 15 is 0 Å². The first kappa shape index (κ1) is 26.8. The number of amides is 1. The third-order valence-electron chi connectivity index (χ3n) is 5.62. The summed E-state index contributed by atoms with van der Waals surface area (Å²) < 4.78 is 33.5. The van der Waals surface area contributed by atoms with Crippen LogP contribution >= 0.6 is 11.3 Å². The molecule has 2 N–H and O–H groups in total. The standard InChI is InChI=1S/C26H33N3O4S2/c1-20(2)35(31,32)29-24(16-22-11-7-4-8-12-22)14-13-23(15-21-9-5-3-6-10-21)28-26(30)33-18-25-17-27-19-34-25/h3-12,17,19-20,23-24,29H,13-16,18H2,1-2H3,(H,28,30)/t23-,24-/m1/s1. The molecule has 7 nitrogen and oxygen atoms in total. The summed E-state index contributed by atoms with van der Waals surface area (Å²) >= 11 is 1.43. The number of sulfonamides is 1. The first-order chi connectivity index (χ1) is 16.8. The molecule has 0 fully saturated rings. The Morgan fingerprint density at radius 2 is 1.51 bits per heavy atom. The Hall–Kier alpha value is -2.75. The second-order valence-electron chi connectivity index (χ2n) is 8.75. The summed E-state index contributed by atoms with van der Waals surface area (Å²) in [6.45, 7) is 3.50. The molecule has 0 bridgehead atoms. The Bertz CT molecular complexity index is 1120. The molecule has 0 radical (unpaired) electrons. The van der Waals surface area contributed by atoms with Crippen LogP contribution < -0.4 is 10.0 Å². The number of thiazole rings is 1. The number of carbonyl (C=O) groups is 1. The number of aromatic nitrogens is 1. The lowest BCUT2D eigenvalue weighted by atomic mass is 9.96. The molecular weight excluding hydrogens is 482 g/mol. The van der Waals surface area contributed by atoms with Crippen LogP contribution in [0.15, 0.2) is 72.4 Å². The number of hydrogen-bond donors (Lipinski definition) is 2.